The third-order valence-corrected chi connectivity index (χ3v) is 17.9. The summed E-state index contributed by atoms with van der Waals surface area (Å²) in [5.74, 6) is 0.408. The highest BCUT2D eigenvalue weighted by atomic mass is 15.2. The van der Waals surface area contributed by atoms with Crippen molar-refractivity contribution in [2.45, 2.75) is 81.5 Å². The van der Waals surface area contributed by atoms with Gasteiger partial charge in [0.15, 0.2) is 0 Å². The Morgan fingerprint density at radius 1 is 0.536 bits per heavy atom. The Bertz CT molecular complexity index is 3430. The first-order chi connectivity index (χ1) is 34.1. The van der Waals surface area contributed by atoms with Gasteiger partial charge in [0, 0.05) is 40.1 Å². The lowest BCUT2D eigenvalue weighted by atomic mass is 9.68. The van der Waals surface area contributed by atoms with Crippen LogP contribution in [0.3, 0.4) is 0 Å². The molecule has 0 fully saturated rings. The molecule has 0 aromatic heterocycles. The van der Waals surface area contributed by atoms with Gasteiger partial charge in [-0.25, -0.2) is 0 Å². The van der Waals surface area contributed by atoms with E-state index in [4.69, 9.17) is 0 Å². The zero-order valence-electron chi connectivity index (χ0n) is 39.4. The van der Waals surface area contributed by atoms with Gasteiger partial charge in [0.1, 0.15) is 0 Å². The van der Waals surface area contributed by atoms with E-state index in [0.717, 1.165) is 64.3 Å². The minimum atomic E-state index is -0.0640. The highest BCUT2D eigenvalue weighted by molar-refractivity contribution is 5.88. The molecule has 0 N–H and O–H groups in total. The number of rotatable bonds is 4. The summed E-state index contributed by atoms with van der Waals surface area (Å²) in [4.78, 5) is 5.25. The van der Waals surface area contributed by atoms with Crippen molar-refractivity contribution in [2.24, 2.45) is 5.92 Å². The van der Waals surface area contributed by atoms with Crippen LogP contribution in [0.2, 0.25) is 0 Å². The van der Waals surface area contributed by atoms with Crippen LogP contribution in [0.15, 0.2) is 204 Å². The highest BCUT2D eigenvalue weighted by Gasteiger charge is 2.53. The van der Waals surface area contributed by atoms with Gasteiger partial charge in [-0.2, -0.15) is 0 Å². The lowest BCUT2D eigenvalue weighted by molar-refractivity contribution is 0.356. The minimum Gasteiger partial charge on any atom is -0.345 e. The number of nitrogens with zero attached hydrogens (tertiary/aromatic N) is 2. The van der Waals surface area contributed by atoms with Crippen LogP contribution in [-0.2, 0) is 36.5 Å². The lowest BCUT2D eigenvalue weighted by Crippen LogP contribution is -2.33. The maximum atomic E-state index is 2.66. The SMILES string of the molecule is C1=CC2=C(CC1)N(c1ccc3c(c1)C1(Cc4ccccc4C1)c1cc(/C=C/C4=CC=C5c6ccc(N7C8=C(C=CCC8)C=Cc8ccccc87)cc6C6(Cc7ccccc7C6)C5C4)ccc1-3)CCC2. The van der Waals surface area contributed by atoms with Crippen LogP contribution < -0.4 is 9.80 Å². The Kier molecular flexibility index (Phi) is 8.75. The molecule has 6 aromatic rings. The van der Waals surface area contributed by atoms with Crippen LogP contribution in [0.4, 0.5) is 17.1 Å². The Morgan fingerprint density at radius 3 is 2.04 bits per heavy atom. The smallest absolute Gasteiger partial charge is 0.0531 e. The standard InChI is InChI=1S/C67H56N2/c1-2-16-50-41-66(40-49(50)15-1)59-36-44(25-31-55(59)57-33-29-53(38-61(57)66)68-35-11-19-46-12-5-8-20-63(46)68)23-24-45-26-32-56-58-34-30-54(39-62(58)67(60(56)37-45)42-51-17-3-4-18-52(51)43-67)69-64-21-9-6-13-47(64)27-28-48-14-7-10-22-65(48)69/h1-7,9,12-18,21,23-34,36,38-39,60H,8,10-11,19-20,22,35,37,40-43H2/b24-23+. The zero-order valence-corrected chi connectivity index (χ0v) is 39.4. The first-order valence-electron chi connectivity index (χ1n) is 25.9. The molecule has 1 unspecified atom stereocenters. The van der Waals surface area contributed by atoms with Crippen molar-refractivity contribution >= 4 is 34.8 Å². The molecule has 9 aliphatic rings. The number of allylic oxidation sites excluding steroid dienone is 14. The van der Waals surface area contributed by atoms with E-state index in [9.17, 15) is 0 Å². The molecule has 2 aliphatic heterocycles. The van der Waals surface area contributed by atoms with Gasteiger partial charge in [0.05, 0.1) is 5.69 Å². The molecule has 0 amide bonds. The van der Waals surface area contributed by atoms with Crippen LogP contribution in [0.25, 0.3) is 28.9 Å². The van der Waals surface area contributed by atoms with Crippen LogP contribution >= 0.6 is 0 Å². The van der Waals surface area contributed by atoms with Crippen LogP contribution in [0, 0.1) is 5.92 Å². The maximum absolute atomic E-state index is 2.66. The van der Waals surface area contributed by atoms with Gasteiger partial charge >= 0.3 is 0 Å². The summed E-state index contributed by atoms with van der Waals surface area (Å²) in [6, 6.07) is 49.9. The molecule has 1 atom stereocenters. The molecular formula is C67H56N2. The molecule has 0 radical (unpaired) electrons. The van der Waals surface area contributed by atoms with Gasteiger partial charge in [-0.05, 0) is 196 Å². The second-order valence-corrected chi connectivity index (χ2v) is 21.4. The quantitative estimate of drug-likeness (QED) is 0.174. The first kappa shape index (κ1) is 39.8. The van der Waals surface area contributed by atoms with Crippen molar-refractivity contribution in [1.29, 1.82) is 0 Å². The van der Waals surface area contributed by atoms with Gasteiger partial charge < -0.3 is 9.80 Å². The highest BCUT2D eigenvalue weighted by Crippen LogP contribution is 2.61. The van der Waals surface area contributed by atoms with Crippen molar-refractivity contribution < 1.29 is 0 Å². The molecule has 334 valence electrons. The minimum absolute atomic E-state index is 0.00353. The summed E-state index contributed by atoms with van der Waals surface area (Å²) in [6.45, 7) is 1.11. The van der Waals surface area contributed by atoms with Crippen molar-refractivity contribution in [1.82, 2.24) is 0 Å². The van der Waals surface area contributed by atoms with Crippen molar-refractivity contribution in [2.75, 3.05) is 16.3 Å². The predicted octanol–water partition coefficient (Wildman–Crippen LogP) is 15.8. The van der Waals surface area contributed by atoms with Crippen LogP contribution in [0.5, 0.6) is 0 Å². The van der Waals surface area contributed by atoms with Gasteiger partial charge in [-0.3, -0.25) is 0 Å². The molecule has 15 rings (SSSR count). The average molecular weight is 889 g/mol. The molecule has 2 heteroatoms. The molecule has 2 nitrogen and oxygen atoms in total. The Hall–Kier alpha value is -7.16. The molecule has 0 bridgehead atoms. The van der Waals surface area contributed by atoms with E-state index >= 15 is 0 Å². The summed E-state index contributed by atoms with van der Waals surface area (Å²) in [5, 5.41) is 0. The zero-order chi connectivity index (χ0) is 45.3. The van der Waals surface area contributed by atoms with E-state index in [1.807, 2.05) is 0 Å². The fraction of sp³-hybridized carbons (Fsp3) is 0.224. The third kappa shape index (κ3) is 5.97. The van der Waals surface area contributed by atoms with Crippen molar-refractivity contribution in [3.8, 4) is 11.1 Å². The van der Waals surface area contributed by atoms with Gasteiger partial charge in [0.2, 0.25) is 0 Å². The molecule has 69 heavy (non-hydrogen) atoms. The van der Waals surface area contributed by atoms with Crippen molar-refractivity contribution in [3.05, 3.63) is 260 Å². The van der Waals surface area contributed by atoms with Crippen molar-refractivity contribution in [3.63, 3.8) is 0 Å². The summed E-state index contributed by atoms with van der Waals surface area (Å²) < 4.78 is 0. The molecule has 2 heterocycles. The van der Waals surface area contributed by atoms with E-state index in [-0.39, 0.29) is 10.8 Å². The topological polar surface area (TPSA) is 6.48 Å². The maximum Gasteiger partial charge on any atom is 0.0531 e. The van der Waals surface area contributed by atoms with E-state index < -0.39 is 0 Å². The number of anilines is 3. The number of fused-ring (bicyclic) bond motifs is 13. The number of benzene rings is 6. The fourth-order valence-corrected chi connectivity index (χ4v) is 14.8. The molecule has 0 saturated carbocycles. The second-order valence-electron chi connectivity index (χ2n) is 21.4. The first-order valence-corrected chi connectivity index (χ1v) is 25.9. The predicted molar refractivity (Wildman–Crippen MR) is 287 cm³/mol. The number of hydrogen-bond acceptors (Lipinski definition) is 2. The largest absolute Gasteiger partial charge is 0.345 e. The van der Waals surface area contributed by atoms with E-state index in [1.54, 1.807) is 11.3 Å². The van der Waals surface area contributed by atoms with Gasteiger partial charge in [-0.15, -0.1) is 0 Å². The summed E-state index contributed by atoms with van der Waals surface area (Å²) >= 11 is 0. The monoisotopic (exact) mass is 888 g/mol. The molecule has 0 saturated heterocycles. The summed E-state index contributed by atoms with van der Waals surface area (Å²) in [6.07, 6.45) is 36.0. The van der Waals surface area contributed by atoms with Crippen LogP contribution in [0.1, 0.15) is 101 Å². The summed E-state index contributed by atoms with van der Waals surface area (Å²) in [5.41, 5.74) is 30.1. The van der Waals surface area contributed by atoms with Gasteiger partial charge in [-0.1, -0.05) is 158 Å². The summed E-state index contributed by atoms with van der Waals surface area (Å²) in [7, 11) is 0. The number of para-hydroxylation sites is 1. The van der Waals surface area contributed by atoms with E-state index in [0.29, 0.717) is 5.92 Å². The molecule has 7 aliphatic carbocycles. The molecular weight excluding hydrogens is 833 g/mol. The second kappa shape index (κ2) is 15.2. The lowest BCUT2D eigenvalue weighted by Gasteiger charge is -2.36. The van der Waals surface area contributed by atoms with Crippen LogP contribution in [-0.4, -0.2) is 6.54 Å². The Labute approximate surface area is 407 Å². The van der Waals surface area contributed by atoms with E-state index in [1.165, 1.54) is 119 Å². The molecule has 6 aromatic carbocycles. The Balaban J connectivity index is 0.787. The fourth-order valence-electron chi connectivity index (χ4n) is 14.8. The average Bonchev–Trinajstić information content (AvgIpc) is 4.10. The third-order valence-electron chi connectivity index (χ3n) is 17.9. The normalized spacial score (nSPS) is 21.4. The van der Waals surface area contributed by atoms with Gasteiger partial charge in [0.25, 0.3) is 0 Å². The number of hydrogen-bond donors (Lipinski definition) is 0. The van der Waals surface area contributed by atoms with E-state index in [2.05, 4.69) is 198 Å². The molecule has 2 spiro atoms. The Morgan fingerprint density at radius 2 is 1.22 bits per heavy atom.